The fraction of sp³-hybridized carbons (Fsp3) is 0.250. The van der Waals surface area contributed by atoms with Gasteiger partial charge >= 0.3 is 5.97 Å². The van der Waals surface area contributed by atoms with Gasteiger partial charge in [0.2, 0.25) is 0 Å². The van der Waals surface area contributed by atoms with Crippen LogP contribution in [0.2, 0.25) is 5.02 Å². The van der Waals surface area contributed by atoms with Gasteiger partial charge in [-0.15, -0.1) is 0 Å². The second kappa shape index (κ2) is 4.07. The van der Waals surface area contributed by atoms with Gasteiger partial charge in [0, 0.05) is 5.02 Å². The molecule has 0 aliphatic heterocycles. The number of hydrogen-bond donors (Lipinski definition) is 1. The second-order valence-electron chi connectivity index (χ2n) is 3.68. The van der Waals surface area contributed by atoms with Crippen molar-refractivity contribution in [2.75, 3.05) is 0 Å². The third kappa shape index (κ3) is 2.21. The van der Waals surface area contributed by atoms with Gasteiger partial charge in [0.25, 0.3) is 0 Å². The summed E-state index contributed by atoms with van der Waals surface area (Å²) in [7, 11) is 0. The van der Waals surface area contributed by atoms with Gasteiger partial charge in [-0.1, -0.05) is 35.4 Å². The molecule has 1 N–H and O–H groups in total. The van der Waals surface area contributed by atoms with Gasteiger partial charge in [0.1, 0.15) is 0 Å². The van der Waals surface area contributed by atoms with Crippen molar-refractivity contribution in [3.8, 4) is 0 Å². The zero-order chi connectivity index (χ0) is 10.8. The molecule has 2 rings (SSSR count). The van der Waals surface area contributed by atoms with Gasteiger partial charge < -0.3 is 5.11 Å². The number of carboxylic acids is 1. The first-order chi connectivity index (χ1) is 7.16. The van der Waals surface area contributed by atoms with Gasteiger partial charge in [-0.05, 0) is 30.0 Å². The summed E-state index contributed by atoms with van der Waals surface area (Å²) in [4.78, 5) is 10.6. The predicted molar refractivity (Wildman–Crippen MR) is 60.0 cm³/mol. The highest BCUT2D eigenvalue weighted by Gasteiger charge is 2.14. The molecule has 3 heteroatoms. The Balaban J connectivity index is 2.33. The standard InChI is InChI=1S/C12H11ClO2/c13-11-3-1-2-9-6-8(7-12(14)15)4-5-10(9)11/h1-3,6H,4-5,7H2,(H,14,15). The minimum Gasteiger partial charge on any atom is -0.481 e. The van der Waals surface area contributed by atoms with Crippen LogP contribution < -0.4 is 0 Å². The molecule has 0 bridgehead atoms. The van der Waals surface area contributed by atoms with E-state index >= 15 is 0 Å². The molecule has 0 unspecified atom stereocenters. The van der Waals surface area contributed by atoms with Crippen LogP contribution in [0.3, 0.4) is 0 Å². The molecule has 0 amide bonds. The molecule has 1 aliphatic rings. The first-order valence-electron chi connectivity index (χ1n) is 4.85. The van der Waals surface area contributed by atoms with Crippen molar-refractivity contribution in [1.82, 2.24) is 0 Å². The van der Waals surface area contributed by atoms with Crippen LogP contribution in [0.15, 0.2) is 23.8 Å². The molecule has 0 aromatic heterocycles. The van der Waals surface area contributed by atoms with E-state index in [0.717, 1.165) is 34.6 Å². The Morgan fingerprint density at radius 3 is 2.93 bits per heavy atom. The predicted octanol–water partition coefficient (Wildman–Crippen LogP) is 3.14. The summed E-state index contributed by atoms with van der Waals surface area (Å²) in [6, 6.07) is 5.74. The quantitative estimate of drug-likeness (QED) is 0.835. The van der Waals surface area contributed by atoms with Crippen LogP contribution in [0, 0.1) is 0 Å². The van der Waals surface area contributed by atoms with E-state index in [1.165, 1.54) is 0 Å². The van der Waals surface area contributed by atoms with Crippen molar-refractivity contribution in [2.24, 2.45) is 0 Å². The SMILES string of the molecule is O=C(O)CC1=Cc2cccc(Cl)c2CC1. The summed E-state index contributed by atoms with van der Waals surface area (Å²) >= 11 is 6.05. The number of fused-ring (bicyclic) bond motifs is 1. The fourth-order valence-electron chi connectivity index (χ4n) is 1.89. The molecule has 0 heterocycles. The molecule has 0 saturated heterocycles. The maximum Gasteiger partial charge on any atom is 0.307 e. The van der Waals surface area contributed by atoms with Gasteiger partial charge in [-0.25, -0.2) is 0 Å². The average Bonchev–Trinajstić information content (AvgIpc) is 2.17. The zero-order valence-corrected chi connectivity index (χ0v) is 8.92. The zero-order valence-electron chi connectivity index (χ0n) is 8.16. The highest BCUT2D eigenvalue weighted by molar-refractivity contribution is 6.31. The third-order valence-electron chi connectivity index (χ3n) is 2.59. The van der Waals surface area contributed by atoms with Crippen LogP contribution >= 0.6 is 11.6 Å². The molecule has 1 aromatic rings. The number of rotatable bonds is 2. The minimum absolute atomic E-state index is 0.131. The Labute approximate surface area is 93.2 Å². The van der Waals surface area contributed by atoms with Crippen molar-refractivity contribution in [1.29, 1.82) is 0 Å². The molecule has 2 nitrogen and oxygen atoms in total. The maximum absolute atomic E-state index is 10.6. The summed E-state index contributed by atoms with van der Waals surface area (Å²) in [6.07, 6.45) is 3.71. The highest BCUT2D eigenvalue weighted by Crippen LogP contribution is 2.30. The van der Waals surface area contributed by atoms with Crippen LogP contribution in [0.1, 0.15) is 24.0 Å². The van der Waals surface area contributed by atoms with E-state index in [2.05, 4.69) is 0 Å². The summed E-state index contributed by atoms with van der Waals surface area (Å²) in [6.45, 7) is 0. The molecule has 15 heavy (non-hydrogen) atoms. The largest absolute Gasteiger partial charge is 0.481 e. The smallest absolute Gasteiger partial charge is 0.307 e. The number of hydrogen-bond acceptors (Lipinski definition) is 1. The Kier molecular flexibility index (Phi) is 2.78. The number of carboxylic acid groups (broad SMARTS) is 1. The van der Waals surface area contributed by atoms with Crippen molar-refractivity contribution in [2.45, 2.75) is 19.3 Å². The summed E-state index contributed by atoms with van der Waals surface area (Å²) in [5.74, 6) is -0.772. The molecule has 1 aliphatic carbocycles. The molecule has 0 atom stereocenters. The van der Waals surface area contributed by atoms with E-state index in [-0.39, 0.29) is 6.42 Å². The lowest BCUT2D eigenvalue weighted by atomic mass is 9.91. The molecule has 1 aromatic carbocycles. The van der Waals surface area contributed by atoms with Crippen molar-refractivity contribution in [3.05, 3.63) is 39.9 Å². The van der Waals surface area contributed by atoms with Crippen LogP contribution in [-0.2, 0) is 11.2 Å². The molecule has 0 saturated carbocycles. The maximum atomic E-state index is 10.6. The van der Waals surface area contributed by atoms with Crippen LogP contribution in [-0.4, -0.2) is 11.1 Å². The van der Waals surface area contributed by atoms with Crippen molar-refractivity contribution >= 4 is 23.6 Å². The number of aliphatic carboxylic acids is 1. The van der Waals surface area contributed by atoms with E-state index in [4.69, 9.17) is 16.7 Å². The van der Waals surface area contributed by atoms with E-state index in [9.17, 15) is 4.79 Å². The lowest BCUT2D eigenvalue weighted by molar-refractivity contribution is -0.136. The minimum atomic E-state index is -0.772. The van der Waals surface area contributed by atoms with E-state index in [0.29, 0.717) is 0 Å². The second-order valence-corrected chi connectivity index (χ2v) is 4.09. The first kappa shape index (κ1) is 10.2. The van der Waals surface area contributed by atoms with Crippen LogP contribution in [0.4, 0.5) is 0 Å². The molecule has 78 valence electrons. The topological polar surface area (TPSA) is 37.3 Å². The molecular weight excluding hydrogens is 212 g/mol. The number of benzene rings is 1. The molecule has 0 spiro atoms. The lowest BCUT2D eigenvalue weighted by Crippen LogP contribution is -2.04. The van der Waals surface area contributed by atoms with E-state index in [1.807, 2.05) is 24.3 Å². The van der Waals surface area contributed by atoms with Gasteiger partial charge in [-0.2, -0.15) is 0 Å². The van der Waals surface area contributed by atoms with E-state index < -0.39 is 5.97 Å². The van der Waals surface area contributed by atoms with Crippen LogP contribution in [0.25, 0.3) is 6.08 Å². The third-order valence-corrected chi connectivity index (χ3v) is 2.94. The average molecular weight is 223 g/mol. The normalized spacial score (nSPS) is 14.3. The monoisotopic (exact) mass is 222 g/mol. The Morgan fingerprint density at radius 1 is 1.40 bits per heavy atom. The molecule has 0 radical (unpaired) electrons. The van der Waals surface area contributed by atoms with Crippen molar-refractivity contribution in [3.63, 3.8) is 0 Å². The summed E-state index contributed by atoms with van der Waals surface area (Å²) < 4.78 is 0. The van der Waals surface area contributed by atoms with Gasteiger partial charge in [0.05, 0.1) is 6.42 Å². The summed E-state index contributed by atoms with van der Waals surface area (Å²) in [5.41, 5.74) is 3.16. The Bertz CT molecular complexity index is 435. The fourth-order valence-corrected chi connectivity index (χ4v) is 2.16. The van der Waals surface area contributed by atoms with E-state index in [1.54, 1.807) is 0 Å². The van der Waals surface area contributed by atoms with Crippen molar-refractivity contribution < 1.29 is 9.90 Å². The first-order valence-corrected chi connectivity index (χ1v) is 5.23. The number of carbonyl (C=O) groups is 1. The Morgan fingerprint density at radius 2 is 2.20 bits per heavy atom. The Hall–Kier alpha value is -1.28. The highest BCUT2D eigenvalue weighted by atomic mass is 35.5. The molecular formula is C12H11ClO2. The molecule has 0 fully saturated rings. The summed E-state index contributed by atoms with van der Waals surface area (Å²) in [5, 5.41) is 9.48. The van der Waals surface area contributed by atoms with Crippen LogP contribution in [0.5, 0.6) is 0 Å². The number of halogens is 1. The van der Waals surface area contributed by atoms with Gasteiger partial charge in [0.15, 0.2) is 0 Å². The van der Waals surface area contributed by atoms with Gasteiger partial charge in [-0.3, -0.25) is 4.79 Å². The lowest BCUT2D eigenvalue weighted by Gasteiger charge is -2.16.